The molecule has 0 radical (unpaired) electrons. The second-order valence-corrected chi connectivity index (χ2v) is 10.3. The van der Waals surface area contributed by atoms with Crippen molar-refractivity contribution in [2.24, 2.45) is 0 Å². The highest BCUT2D eigenvalue weighted by molar-refractivity contribution is 5.83. The Hall–Kier alpha value is -2.35. The molecule has 8 heteroatoms. The van der Waals surface area contributed by atoms with E-state index >= 15 is 0 Å². The molecule has 1 aliphatic rings. The SMILES string of the molecule is CC(C)(C)NC(=O)[C@@H]1CC(c2ccn(C(C)(C)C)n2)[C@H](c2ccc(C(F)(F)F)cc2)N1. The van der Waals surface area contributed by atoms with E-state index in [1.165, 1.54) is 12.1 Å². The maximum atomic E-state index is 13.0. The molecule has 1 unspecified atom stereocenters. The number of carbonyl (C=O) groups is 1. The molecule has 2 N–H and O–H groups in total. The lowest BCUT2D eigenvalue weighted by Gasteiger charge is -2.23. The fourth-order valence-electron chi connectivity index (χ4n) is 3.84. The monoisotopic (exact) mass is 436 g/mol. The number of aromatic nitrogens is 2. The van der Waals surface area contributed by atoms with E-state index in [0.29, 0.717) is 12.0 Å². The number of hydrogen-bond acceptors (Lipinski definition) is 3. The van der Waals surface area contributed by atoms with E-state index in [0.717, 1.165) is 17.8 Å². The Bertz CT molecular complexity index is 920. The summed E-state index contributed by atoms with van der Waals surface area (Å²) in [7, 11) is 0. The molecule has 1 fully saturated rings. The van der Waals surface area contributed by atoms with Gasteiger partial charge in [-0.1, -0.05) is 12.1 Å². The van der Waals surface area contributed by atoms with Crippen LogP contribution in [0.2, 0.25) is 0 Å². The molecule has 2 heterocycles. The molecule has 1 aliphatic heterocycles. The summed E-state index contributed by atoms with van der Waals surface area (Å²) in [5.74, 6) is -0.266. The van der Waals surface area contributed by atoms with Crippen LogP contribution in [0.3, 0.4) is 0 Å². The predicted molar refractivity (Wildman–Crippen MR) is 114 cm³/mol. The lowest BCUT2D eigenvalue weighted by atomic mass is 9.90. The van der Waals surface area contributed by atoms with E-state index in [9.17, 15) is 18.0 Å². The van der Waals surface area contributed by atoms with Gasteiger partial charge < -0.3 is 5.32 Å². The summed E-state index contributed by atoms with van der Waals surface area (Å²) < 4.78 is 40.9. The molecule has 0 saturated carbocycles. The first-order valence-corrected chi connectivity index (χ1v) is 10.5. The van der Waals surface area contributed by atoms with E-state index < -0.39 is 17.8 Å². The molecule has 170 valence electrons. The molecular formula is C23H31F3N4O. The van der Waals surface area contributed by atoms with E-state index in [4.69, 9.17) is 5.10 Å². The van der Waals surface area contributed by atoms with Crippen molar-refractivity contribution >= 4 is 5.91 Å². The standard InChI is InChI=1S/C23H31F3N4O/c1-21(2,3)28-20(31)18-13-16(17-11-12-30(29-17)22(4,5)6)19(27-18)14-7-9-15(10-8-14)23(24,25)26/h7-12,16,18-19,27H,13H2,1-6H3,(H,28,31)/t16?,18-,19-/m0/s1. The van der Waals surface area contributed by atoms with Crippen LogP contribution in [0.15, 0.2) is 36.5 Å². The molecule has 1 amide bonds. The highest BCUT2D eigenvalue weighted by Gasteiger charge is 2.41. The smallest absolute Gasteiger partial charge is 0.350 e. The third-order valence-corrected chi connectivity index (χ3v) is 5.36. The summed E-state index contributed by atoms with van der Waals surface area (Å²) in [4.78, 5) is 12.8. The minimum atomic E-state index is -4.39. The van der Waals surface area contributed by atoms with Crippen molar-refractivity contribution < 1.29 is 18.0 Å². The zero-order valence-electron chi connectivity index (χ0n) is 18.8. The zero-order valence-corrected chi connectivity index (χ0v) is 18.8. The van der Waals surface area contributed by atoms with Crippen LogP contribution in [0, 0.1) is 0 Å². The van der Waals surface area contributed by atoms with Gasteiger partial charge in [-0.05, 0) is 71.7 Å². The van der Waals surface area contributed by atoms with Crippen LogP contribution in [0.4, 0.5) is 13.2 Å². The molecule has 1 aromatic carbocycles. The van der Waals surface area contributed by atoms with Gasteiger partial charge in [0.05, 0.1) is 22.8 Å². The fourth-order valence-corrected chi connectivity index (χ4v) is 3.84. The number of nitrogens with zero attached hydrogens (tertiary/aromatic N) is 2. The normalized spacial score (nSPS) is 22.5. The lowest BCUT2D eigenvalue weighted by Crippen LogP contribution is -2.48. The number of hydrogen-bond donors (Lipinski definition) is 2. The van der Waals surface area contributed by atoms with Gasteiger partial charge in [0.25, 0.3) is 0 Å². The highest BCUT2D eigenvalue weighted by Crippen LogP contribution is 2.41. The number of halogens is 3. The van der Waals surface area contributed by atoms with Crippen molar-refractivity contribution in [2.45, 2.75) is 83.2 Å². The van der Waals surface area contributed by atoms with Crippen molar-refractivity contribution in [3.8, 4) is 0 Å². The van der Waals surface area contributed by atoms with Crippen molar-refractivity contribution in [2.75, 3.05) is 0 Å². The van der Waals surface area contributed by atoms with Gasteiger partial charge in [-0.25, -0.2) is 0 Å². The van der Waals surface area contributed by atoms with Crippen LogP contribution in [-0.4, -0.2) is 27.3 Å². The average molecular weight is 437 g/mol. The Morgan fingerprint density at radius 3 is 2.16 bits per heavy atom. The number of rotatable bonds is 3. The Morgan fingerprint density at radius 1 is 1.06 bits per heavy atom. The molecule has 5 nitrogen and oxygen atoms in total. The molecule has 0 bridgehead atoms. The highest BCUT2D eigenvalue weighted by atomic mass is 19.4. The lowest BCUT2D eigenvalue weighted by molar-refractivity contribution is -0.137. The van der Waals surface area contributed by atoms with Crippen LogP contribution in [0.5, 0.6) is 0 Å². The number of alkyl halides is 3. The maximum absolute atomic E-state index is 13.0. The van der Waals surface area contributed by atoms with E-state index in [2.05, 4.69) is 10.6 Å². The molecule has 0 spiro atoms. The van der Waals surface area contributed by atoms with Gasteiger partial charge in [0.2, 0.25) is 5.91 Å². The molecule has 31 heavy (non-hydrogen) atoms. The van der Waals surface area contributed by atoms with Crippen molar-refractivity contribution in [1.82, 2.24) is 20.4 Å². The second kappa shape index (κ2) is 7.97. The molecule has 1 aromatic heterocycles. The summed E-state index contributed by atoms with van der Waals surface area (Å²) in [5, 5.41) is 11.1. The first kappa shape index (κ1) is 23.3. The number of nitrogens with one attached hydrogen (secondary N) is 2. The van der Waals surface area contributed by atoms with Gasteiger partial charge in [-0.15, -0.1) is 0 Å². The summed E-state index contributed by atoms with van der Waals surface area (Å²) in [6.07, 6.45) is -1.97. The quantitative estimate of drug-likeness (QED) is 0.730. The third-order valence-electron chi connectivity index (χ3n) is 5.36. The number of carbonyl (C=O) groups excluding carboxylic acids is 1. The molecule has 1 saturated heterocycles. The van der Waals surface area contributed by atoms with Gasteiger partial charge in [0.15, 0.2) is 0 Å². The van der Waals surface area contributed by atoms with Gasteiger partial charge in [0.1, 0.15) is 0 Å². The summed E-state index contributed by atoms with van der Waals surface area (Å²) in [6.45, 7) is 11.9. The molecule has 0 aliphatic carbocycles. The molecule has 3 atom stereocenters. The molecule has 3 rings (SSSR count). The Morgan fingerprint density at radius 2 is 1.68 bits per heavy atom. The van der Waals surface area contributed by atoms with Crippen molar-refractivity contribution in [3.63, 3.8) is 0 Å². The summed E-state index contributed by atoms with van der Waals surface area (Å²) in [5.41, 5.74) is 0.253. The van der Waals surface area contributed by atoms with Crippen molar-refractivity contribution in [3.05, 3.63) is 53.3 Å². The van der Waals surface area contributed by atoms with E-state index in [-0.39, 0.29) is 28.9 Å². The second-order valence-electron chi connectivity index (χ2n) is 10.3. The minimum Gasteiger partial charge on any atom is -0.350 e. The third kappa shape index (κ3) is 5.47. The van der Waals surface area contributed by atoms with Gasteiger partial charge in [-0.2, -0.15) is 18.3 Å². The predicted octanol–water partition coefficient (Wildman–Crippen LogP) is 4.76. The summed E-state index contributed by atoms with van der Waals surface area (Å²) in [6, 6.07) is 6.29. The van der Waals surface area contributed by atoms with Gasteiger partial charge in [0, 0.05) is 23.7 Å². The Labute approximate surface area is 181 Å². The van der Waals surface area contributed by atoms with Gasteiger partial charge in [-0.3, -0.25) is 14.8 Å². The molecule has 2 aromatic rings. The van der Waals surface area contributed by atoms with Gasteiger partial charge >= 0.3 is 6.18 Å². The number of benzene rings is 1. The van der Waals surface area contributed by atoms with Crippen LogP contribution in [0.1, 0.15) is 76.7 Å². The zero-order chi connectivity index (χ0) is 23.2. The largest absolute Gasteiger partial charge is 0.416 e. The number of amides is 1. The van der Waals surface area contributed by atoms with Crippen LogP contribution in [-0.2, 0) is 16.5 Å². The fraction of sp³-hybridized carbons (Fsp3) is 0.565. The van der Waals surface area contributed by atoms with Crippen LogP contribution >= 0.6 is 0 Å². The topological polar surface area (TPSA) is 59.0 Å². The first-order chi connectivity index (χ1) is 14.1. The average Bonchev–Trinajstić information content (AvgIpc) is 3.26. The maximum Gasteiger partial charge on any atom is 0.416 e. The Balaban J connectivity index is 1.93. The summed E-state index contributed by atoms with van der Waals surface area (Å²) >= 11 is 0. The van der Waals surface area contributed by atoms with Crippen molar-refractivity contribution in [1.29, 1.82) is 0 Å². The van der Waals surface area contributed by atoms with E-state index in [1.807, 2.05) is 58.5 Å². The van der Waals surface area contributed by atoms with E-state index in [1.54, 1.807) is 0 Å². The molecular weight excluding hydrogens is 405 g/mol. The minimum absolute atomic E-state index is 0.123. The Kier molecular flexibility index (Phi) is 5.99. The van der Waals surface area contributed by atoms with Crippen LogP contribution < -0.4 is 10.6 Å². The first-order valence-electron chi connectivity index (χ1n) is 10.5. The van der Waals surface area contributed by atoms with Crippen LogP contribution in [0.25, 0.3) is 0 Å².